The highest BCUT2D eigenvalue weighted by Crippen LogP contribution is 2.23. The normalized spacial score (nSPS) is 12.8. The van der Waals surface area contributed by atoms with Crippen LogP contribution in [0.4, 0.5) is 8.78 Å². The Balaban J connectivity index is 3.03. The van der Waals surface area contributed by atoms with Crippen LogP contribution in [0.2, 0.25) is 0 Å². The van der Waals surface area contributed by atoms with E-state index in [0.717, 1.165) is 0 Å². The Morgan fingerprint density at radius 1 is 1.44 bits per heavy atom. The monoisotopic (exact) mass is 230 g/mol. The maximum atomic E-state index is 13.7. The fourth-order valence-corrected chi connectivity index (χ4v) is 1.45. The van der Waals surface area contributed by atoms with Crippen LogP contribution in [-0.2, 0) is 4.74 Å². The second kappa shape index (κ2) is 5.89. The number of ether oxygens (including phenoxy) is 1. The number of hydrogen-bond donors (Lipinski definition) is 2. The average Bonchev–Trinajstić information content (AvgIpc) is 2.28. The predicted molar refractivity (Wildman–Crippen MR) is 57.7 cm³/mol. The number of halogens is 2. The molecular formula is C11H16F2N2O. The van der Waals surface area contributed by atoms with Gasteiger partial charge >= 0.3 is 0 Å². The zero-order valence-electron chi connectivity index (χ0n) is 9.39. The van der Waals surface area contributed by atoms with Crippen molar-refractivity contribution in [1.82, 2.24) is 5.43 Å². The van der Waals surface area contributed by atoms with Crippen molar-refractivity contribution < 1.29 is 13.5 Å². The molecule has 5 heteroatoms. The number of hydrogen-bond acceptors (Lipinski definition) is 3. The third-order valence-corrected chi connectivity index (χ3v) is 2.36. The molecule has 0 heterocycles. The maximum absolute atomic E-state index is 13.7. The molecule has 1 aromatic carbocycles. The topological polar surface area (TPSA) is 47.3 Å². The van der Waals surface area contributed by atoms with Crippen molar-refractivity contribution in [3.05, 3.63) is 34.9 Å². The van der Waals surface area contributed by atoms with Gasteiger partial charge in [-0.15, -0.1) is 0 Å². The van der Waals surface area contributed by atoms with Gasteiger partial charge in [0.2, 0.25) is 0 Å². The molecule has 0 aliphatic rings. The predicted octanol–water partition coefficient (Wildman–Crippen LogP) is 1.81. The molecule has 3 N–H and O–H groups in total. The van der Waals surface area contributed by atoms with Gasteiger partial charge in [-0.05, 0) is 25.5 Å². The van der Waals surface area contributed by atoms with Gasteiger partial charge in [-0.25, -0.2) is 8.78 Å². The Bertz CT molecular complexity index is 358. The molecule has 0 spiro atoms. The largest absolute Gasteiger partial charge is 0.380 e. The first-order valence-corrected chi connectivity index (χ1v) is 5.10. The van der Waals surface area contributed by atoms with Crippen LogP contribution in [0, 0.1) is 18.6 Å². The summed E-state index contributed by atoms with van der Waals surface area (Å²) >= 11 is 0. The molecule has 1 rings (SSSR count). The van der Waals surface area contributed by atoms with Gasteiger partial charge in [-0.1, -0.05) is 6.07 Å². The van der Waals surface area contributed by atoms with E-state index in [1.54, 1.807) is 13.8 Å². The molecule has 90 valence electrons. The summed E-state index contributed by atoms with van der Waals surface area (Å²) in [6.45, 7) is 3.97. The van der Waals surface area contributed by atoms with Crippen molar-refractivity contribution in [2.75, 3.05) is 13.2 Å². The summed E-state index contributed by atoms with van der Waals surface area (Å²) < 4.78 is 32.4. The third-order valence-electron chi connectivity index (χ3n) is 2.36. The van der Waals surface area contributed by atoms with Crippen LogP contribution in [0.25, 0.3) is 0 Å². The molecule has 16 heavy (non-hydrogen) atoms. The number of hydrazine groups is 1. The second-order valence-corrected chi connectivity index (χ2v) is 3.47. The molecule has 1 unspecified atom stereocenters. The second-order valence-electron chi connectivity index (χ2n) is 3.47. The standard InChI is InChI=1S/C11H16F2N2O/c1-3-16-6-9(15-14)10-8(12)5-4-7(2)11(10)13/h4-5,9,15H,3,6,14H2,1-2H3. The summed E-state index contributed by atoms with van der Waals surface area (Å²) in [4.78, 5) is 0. The fourth-order valence-electron chi connectivity index (χ4n) is 1.45. The highest BCUT2D eigenvalue weighted by molar-refractivity contribution is 5.29. The van der Waals surface area contributed by atoms with E-state index in [1.807, 2.05) is 0 Å². The lowest BCUT2D eigenvalue weighted by Crippen LogP contribution is -2.33. The molecule has 0 bridgehead atoms. The van der Waals surface area contributed by atoms with E-state index in [4.69, 9.17) is 10.6 Å². The highest BCUT2D eigenvalue weighted by atomic mass is 19.1. The Morgan fingerprint density at radius 3 is 2.69 bits per heavy atom. The van der Waals surface area contributed by atoms with Gasteiger partial charge in [0.1, 0.15) is 11.6 Å². The van der Waals surface area contributed by atoms with Crippen molar-refractivity contribution in [2.45, 2.75) is 19.9 Å². The van der Waals surface area contributed by atoms with Crippen LogP contribution >= 0.6 is 0 Å². The van der Waals surface area contributed by atoms with Gasteiger partial charge in [-0.3, -0.25) is 11.3 Å². The number of benzene rings is 1. The van der Waals surface area contributed by atoms with Crippen LogP contribution in [0.3, 0.4) is 0 Å². The van der Waals surface area contributed by atoms with Crippen molar-refractivity contribution >= 4 is 0 Å². The van der Waals surface area contributed by atoms with Crippen LogP contribution in [0.15, 0.2) is 12.1 Å². The Morgan fingerprint density at radius 2 is 2.12 bits per heavy atom. The molecule has 1 aromatic rings. The van der Waals surface area contributed by atoms with Crippen molar-refractivity contribution in [1.29, 1.82) is 0 Å². The number of rotatable bonds is 5. The van der Waals surface area contributed by atoms with E-state index in [-0.39, 0.29) is 12.2 Å². The lowest BCUT2D eigenvalue weighted by atomic mass is 10.0. The van der Waals surface area contributed by atoms with Crippen molar-refractivity contribution in [3.8, 4) is 0 Å². The molecule has 3 nitrogen and oxygen atoms in total. The van der Waals surface area contributed by atoms with Crippen molar-refractivity contribution in [3.63, 3.8) is 0 Å². The molecule has 0 aliphatic carbocycles. The zero-order valence-corrected chi connectivity index (χ0v) is 9.39. The van der Waals surface area contributed by atoms with Gasteiger partial charge in [0.25, 0.3) is 0 Å². The molecule has 0 aliphatic heterocycles. The molecule has 0 saturated heterocycles. The first-order valence-electron chi connectivity index (χ1n) is 5.10. The summed E-state index contributed by atoms with van der Waals surface area (Å²) in [5.74, 6) is 4.07. The first-order chi connectivity index (χ1) is 7.61. The van der Waals surface area contributed by atoms with E-state index in [9.17, 15) is 8.78 Å². The summed E-state index contributed by atoms with van der Waals surface area (Å²) in [5, 5.41) is 0. The summed E-state index contributed by atoms with van der Waals surface area (Å²) in [5.41, 5.74) is 2.67. The molecular weight excluding hydrogens is 214 g/mol. The number of aryl methyl sites for hydroxylation is 1. The highest BCUT2D eigenvalue weighted by Gasteiger charge is 2.20. The van der Waals surface area contributed by atoms with Gasteiger partial charge in [-0.2, -0.15) is 0 Å². The average molecular weight is 230 g/mol. The molecule has 1 atom stereocenters. The zero-order chi connectivity index (χ0) is 12.1. The SMILES string of the molecule is CCOCC(NN)c1c(F)ccc(C)c1F. The Kier molecular flexibility index (Phi) is 4.79. The van der Waals surface area contributed by atoms with Gasteiger partial charge in [0, 0.05) is 12.2 Å². The van der Waals surface area contributed by atoms with E-state index >= 15 is 0 Å². The quantitative estimate of drug-likeness (QED) is 0.599. The molecule has 0 amide bonds. The van der Waals surface area contributed by atoms with E-state index in [1.165, 1.54) is 12.1 Å². The van der Waals surface area contributed by atoms with E-state index in [0.29, 0.717) is 12.2 Å². The smallest absolute Gasteiger partial charge is 0.133 e. The first kappa shape index (κ1) is 13.0. The van der Waals surface area contributed by atoms with Crippen LogP contribution < -0.4 is 11.3 Å². The fraction of sp³-hybridized carbons (Fsp3) is 0.455. The minimum absolute atomic E-state index is 0.0732. The summed E-state index contributed by atoms with van der Waals surface area (Å²) in [6.07, 6.45) is 0. The molecule has 0 saturated carbocycles. The van der Waals surface area contributed by atoms with Crippen LogP contribution in [0.5, 0.6) is 0 Å². The summed E-state index contributed by atoms with van der Waals surface area (Å²) in [7, 11) is 0. The Hall–Kier alpha value is -1.04. The number of nitrogens with one attached hydrogen (secondary N) is 1. The van der Waals surface area contributed by atoms with Gasteiger partial charge < -0.3 is 4.74 Å². The minimum Gasteiger partial charge on any atom is -0.380 e. The van der Waals surface area contributed by atoms with Crippen LogP contribution in [0.1, 0.15) is 24.1 Å². The number of nitrogens with two attached hydrogens (primary N) is 1. The van der Waals surface area contributed by atoms with E-state index in [2.05, 4.69) is 5.43 Å². The summed E-state index contributed by atoms with van der Waals surface area (Å²) in [6, 6.07) is 1.94. The molecule has 0 radical (unpaired) electrons. The van der Waals surface area contributed by atoms with Crippen LogP contribution in [-0.4, -0.2) is 13.2 Å². The lowest BCUT2D eigenvalue weighted by Gasteiger charge is -2.18. The molecule has 0 fully saturated rings. The van der Waals surface area contributed by atoms with Gasteiger partial charge in [0.15, 0.2) is 0 Å². The maximum Gasteiger partial charge on any atom is 0.133 e. The molecule has 0 aromatic heterocycles. The van der Waals surface area contributed by atoms with Gasteiger partial charge in [0.05, 0.1) is 12.6 Å². The third kappa shape index (κ3) is 2.75. The minimum atomic E-state index is -0.681. The Labute approximate surface area is 93.6 Å². The van der Waals surface area contributed by atoms with E-state index < -0.39 is 17.7 Å². The lowest BCUT2D eigenvalue weighted by molar-refractivity contribution is 0.120. The van der Waals surface area contributed by atoms with Crippen molar-refractivity contribution in [2.24, 2.45) is 5.84 Å².